The maximum absolute atomic E-state index is 12.0. The van der Waals surface area contributed by atoms with E-state index in [4.69, 9.17) is 5.73 Å². The summed E-state index contributed by atoms with van der Waals surface area (Å²) in [4.78, 5) is 29.7. The largest absolute Gasteiger partial charge is 0.370 e. The number of carbonyl (C=O) groups excluding carboxylic acids is 2. The molecule has 1 heterocycles. The van der Waals surface area contributed by atoms with Crippen LogP contribution < -0.4 is 16.4 Å². The molecule has 1 saturated heterocycles. The number of guanidine groups is 1. The first-order valence-corrected chi connectivity index (χ1v) is 9.14. The summed E-state index contributed by atoms with van der Waals surface area (Å²) in [5.74, 6) is 0.773. The van der Waals surface area contributed by atoms with E-state index < -0.39 is 0 Å². The molecule has 1 aliphatic rings. The van der Waals surface area contributed by atoms with Crippen LogP contribution >= 0.6 is 0 Å². The van der Waals surface area contributed by atoms with Gasteiger partial charge in [-0.2, -0.15) is 0 Å². The van der Waals surface area contributed by atoms with Crippen LogP contribution in [-0.4, -0.2) is 49.4 Å². The van der Waals surface area contributed by atoms with Gasteiger partial charge in [-0.25, -0.2) is 0 Å². The highest BCUT2D eigenvalue weighted by atomic mass is 16.2. The van der Waals surface area contributed by atoms with Crippen molar-refractivity contribution in [2.75, 3.05) is 26.7 Å². The first kappa shape index (κ1) is 19.8. The van der Waals surface area contributed by atoms with Crippen molar-refractivity contribution in [2.24, 2.45) is 16.6 Å². The molecular weight excluding hydrogens is 330 g/mol. The van der Waals surface area contributed by atoms with Crippen molar-refractivity contribution in [1.29, 1.82) is 0 Å². The summed E-state index contributed by atoms with van der Waals surface area (Å²) in [5.41, 5.74) is 7.00. The molecule has 142 valence electrons. The number of primary amides is 1. The van der Waals surface area contributed by atoms with Crippen LogP contribution in [0.25, 0.3) is 0 Å². The van der Waals surface area contributed by atoms with Crippen LogP contribution in [-0.2, 0) is 11.3 Å². The van der Waals surface area contributed by atoms with Crippen molar-refractivity contribution in [3.05, 3.63) is 35.4 Å². The summed E-state index contributed by atoms with van der Waals surface area (Å²) in [6.07, 6.45) is 2.46. The van der Waals surface area contributed by atoms with Crippen LogP contribution in [0.5, 0.6) is 0 Å². The first-order chi connectivity index (χ1) is 12.5. The van der Waals surface area contributed by atoms with Gasteiger partial charge in [-0.3, -0.25) is 14.6 Å². The third-order valence-electron chi connectivity index (χ3n) is 4.50. The number of nitrogens with one attached hydrogen (secondary N) is 2. The van der Waals surface area contributed by atoms with Gasteiger partial charge in [-0.05, 0) is 43.4 Å². The van der Waals surface area contributed by atoms with Gasteiger partial charge in [0, 0.05) is 45.2 Å². The van der Waals surface area contributed by atoms with Crippen molar-refractivity contribution in [3.8, 4) is 0 Å². The molecule has 2 rings (SSSR count). The topological polar surface area (TPSA) is 99.8 Å². The molecule has 7 heteroatoms. The molecule has 26 heavy (non-hydrogen) atoms. The number of carbonyl (C=O) groups is 2. The minimum atomic E-state index is -0.248. The molecule has 1 fully saturated rings. The molecule has 1 aromatic rings. The number of amides is 2. The average molecular weight is 359 g/mol. The van der Waals surface area contributed by atoms with Crippen molar-refractivity contribution in [1.82, 2.24) is 15.5 Å². The second kappa shape index (κ2) is 9.79. The number of nitrogens with zero attached hydrogens (tertiary/aromatic N) is 2. The highest BCUT2D eigenvalue weighted by Gasteiger charge is 2.23. The van der Waals surface area contributed by atoms with Gasteiger partial charge in [-0.15, -0.1) is 0 Å². The quantitative estimate of drug-likeness (QED) is 0.523. The Bertz CT molecular complexity index is 659. The van der Waals surface area contributed by atoms with Gasteiger partial charge in [0.15, 0.2) is 5.96 Å². The van der Waals surface area contributed by atoms with Crippen LogP contribution in [0.2, 0.25) is 0 Å². The van der Waals surface area contributed by atoms with Crippen molar-refractivity contribution in [2.45, 2.75) is 32.7 Å². The van der Waals surface area contributed by atoms with Gasteiger partial charge >= 0.3 is 0 Å². The fourth-order valence-electron chi connectivity index (χ4n) is 3.31. The van der Waals surface area contributed by atoms with E-state index in [1.807, 2.05) is 31.2 Å². The highest BCUT2D eigenvalue weighted by molar-refractivity contribution is 5.94. The number of nitrogens with two attached hydrogens (primary N) is 1. The van der Waals surface area contributed by atoms with E-state index in [0.29, 0.717) is 25.1 Å². The average Bonchev–Trinajstić information content (AvgIpc) is 2.62. The van der Waals surface area contributed by atoms with E-state index in [0.717, 1.165) is 37.5 Å². The molecule has 1 aromatic carbocycles. The molecule has 0 saturated carbocycles. The van der Waals surface area contributed by atoms with E-state index in [9.17, 15) is 9.59 Å². The minimum Gasteiger partial charge on any atom is -0.370 e. The third kappa shape index (κ3) is 5.75. The van der Waals surface area contributed by atoms with Crippen molar-refractivity contribution in [3.63, 3.8) is 0 Å². The third-order valence-corrected chi connectivity index (χ3v) is 4.50. The van der Waals surface area contributed by atoms with E-state index in [-0.39, 0.29) is 17.7 Å². The summed E-state index contributed by atoms with van der Waals surface area (Å²) < 4.78 is 0. The Morgan fingerprint density at radius 2 is 2.15 bits per heavy atom. The number of aliphatic imine (C=N–C) groups is 1. The number of likely N-dealkylation sites (tertiary alicyclic amines) is 1. The lowest BCUT2D eigenvalue weighted by atomic mass is 9.95. The monoisotopic (exact) mass is 359 g/mol. The van der Waals surface area contributed by atoms with Crippen LogP contribution in [0, 0.1) is 5.92 Å². The predicted octanol–water partition coefficient (Wildman–Crippen LogP) is 1.10. The minimum absolute atomic E-state index is 0.0657. The van der Waals surface area contributed by atoms with Crippen molar-refractivity contribution < 1.29 is 9.59 Å². The molecular formula is C19H29N5O2. The van der Waals surface area contributed by atoms with E-state index in [1.54, 1.807) is 7.05 Å². The van der Waals surface area contributed by atoms with E-state index in [2.05, 4.69) is 20.5 Å². The zero-order chi connectivity index (χ0) is 18.9. The lowest BCUT2D eigenvalue weighted by Crippen LogP contribution is -2.46. The molecule has 2 amide bonds. The molecule has 1 aliphatic heterocycles. The van der Waals surface area contributed by atoms with Crippen LogP contribution in [0.4, 0.5) is 0 Å². The summed E-state index contributed by atoms with van der Waals surface area (Å²) in [6, 6.07) is 7.56. The van der Waals surface area contributed by atoms with Gasteiger partial charge < -0.3 is 21.3 Å². The first-order valence-electron chi connectivity index (χ1n) is 9.14. The van der Waals surface area contributed by atoms with Crippen LogP contribution in [0.3, 0.4) is 0 Å². The highest BCUT2D eigenvalue weighted by Crippen LogP contribution is 2.19. The Balaban J connectivity index is 1.95. The Kier molecular flexibility index (Phi) is 7.44. The lowest BCUT2D eigenvalue weighted by molar-refractivity contribution is -0.119. The summed E-state index contributed by atoms with van der Waals surface area (Å²) in [6.45, 7) is 4.78. The normalized spacial score (nSPS) is 17.7. The smallest absolute Gasteiger partial charge is 0.251 e. The lowest BCUT2D eigenvalue weighted by Gasteiger charge is -2.34. The predicted molar refractivity (Wildman–Crippen MR) is 103 cm³/mol. The van der Waals surface area contributed by atoms with Gasteiger partial charge in [0.1, 0.15) is 0 Å². The molecule has 0 radical (unpaired) electrons. The maximum Gasteiger partial charge on any atom is 0.251 e. The molecule has 0 aromatic heterocycles. The molecule has 1 unspecified atom stereocenters. The number of benzene rings is 1. The zero-order valence-electron chi connectivity index (χ0n) is 15.6. The van der Waals surface area contributed by atoms with Gasteiger partial charge in [0.2, 0.25) is 5.91 Å². The van der Waals surface area contributed by atoms with Gasteiger partial charge in [0.05, 0.1) is 0 Å². The molecule has 0 aliphatic carbocycles. The molecule has 0 spiro atoms. The number of hydrogen-bond acceptors (Lipinski definition) is 3. The maximum atomic E-state index is 12.0. The molecule has 1 atom stereocenters. The SMILES string of the molecule is CCNC(=O)c1cccc(CNC(=NC)N2CCCC(CC(N)=O)C2)c1. The Labute approximate surface area is 155 Å². The summed E-state index contributed by atoms with van der Waals surface area (Å²) in [7, 11) is 1.76. The fraction of sp³-hybridized carbons (Fsp3) is 0.526. The number of hydrogen-bond donors (Lipinski definition) is 3. The zero-order valence-corrected chi connectivity index (χ0v) is 15.6. The second-order valence-electron chi connectivity index (χ2n) is 6.59. The fourth-order valence-corrected chi connectivity index (χ4v) is 3.31. The van der Waals surface area contributed by atoms with Crippen LogP contribution in [0.15, 0.2) is 29.3 Å². The molecule has 7 nitrogen and oxygen atoms in total. The Morgan fingerprint density at radius 3 is 2.85 bits per heavy atom. The van der Waals surface area contributed by atoms with Crippen molar-refractivity contribution >= 4 is 17.8 Å². The summed E-state index contributed by atoms with van der Waals surface area (Å²) >= 11 is 0. The second-order valence-corrected chi connectivity index (χ2v) is 6.59. The number of rotatable bonds is 6. The molecule has 0 bridgehead atoms. The van der Waals surface area contributed by atoms with Crippen LogP contribution in [0.1, 0.15) is 42.1 Å². The molecule has 4 N–H and O–H groups in total. The Morgan fingerprint density at radius 1 is 1.35 bits per heavy atom. The number of piperidine rings is 1. The van der Waals surface area contributed by atoms with E-state index >= 15 is 0 Å². The Hall–Kier alpha value is -2.57. The van der Waals surface area contributed by atoms with E-state index in [1.165, 1.54) is 0 Å². The summed E-state index contributed by atoms with van der Waals surface area (Å²) in [5, 5.41) is 6.16. The standard InChI is InChI=1S/C19H29N5O2/c1-3-22-18(26)16-8-4-6-14(10-16)12-23-19(21-2)24-9-5-7-15(13-24)11-17(20)25/h4,6,8,10,15H,3,5,7,9,11-13H2,1-2H3,(H2,20,25)(H,21,23)(H,22,26). The van der Waals surface area contributed by atoms with Gasteiger partial charge in [-0.1, -0.05) is 12.1 Å². The van der Waals surface area contributed by atoms with Gasteiger partial charge in [0.25, 0.3) is 5.91 Å².